The number of aromatic amines is 1. The fraction of sp³-hybridized carbons (Fsp3) is 0.675. The molecule has 4 rings (SSSR count). The first-order chi connectivity index (χ1) is 24.5. The maximum Gasteiger partial charge on any atom is 0.415 e. The summed E-state index contributed by atoms with van der Waals surface area (Å²) in [6, 6.07) is 6.08. The summed E-state index contributed by atoms with van der Waals surface area (Å²) >= 11 is 0. The molecule has 12 heteroatoms. The third kappa shape index (κ3) is 9.86. The van der Waals surface area contributed by atoms with E-state index in [0.29, 0.717) is 53.2 Å². The Labute approximate surface area is 310 Å². The number of amides is 1. The van der Waals surface area contributed by atoms with Crippen molar-refractivity contribution in [1.82, 2.24) is 19.5 Å². The Hall–Kier alpha value is -3.63. The highest BCUT2D eigenvalue weighted by Crippen LogP contribution is 2.51. The summed E-state index contributed by atoms with van der Waals surface area (Å²) in [5.41, 5.74) is 3.49. The molecule has 1 N–H and O–H groups in total. The average molecular weight is 724 g/mol. The molecule has 1 aromatic carbocycles. The molecule has 12 nitrogen and oxygen atoms in total. The van der Waals surface area contributed by atoms with Gasteiger partial charge in [-0.15, -0.1) is 0 Å². The third-order valence-electron chi connectivity index (χ3n) is 10.4. The van der Waals surface area contributed by atoms with Gasteiger partial charge in [-0.05, 0) is 89.9 Å². The monoisotopic (exact) mass is 723 g/mol. The molecule has 4 unspecified atom stereocenters. The highest BCUT2D eigenvalue weighted by Gasteiger charge is 2.43. The van der Waals surface area contributed by atoms with Gasteiger partial charge in [0.25, 0.3) is 5.69 Å². The van der Waals surface area contributed by atoms with Crippen molar-refractivity contribution in [2.75, 3.05) is 47.6 Å². The largest absolute Gasteiger partial charge is 0.497 e. The Morgan fingerprint density at radius 1 is 1.04 bits per heavy atom. The maximum atomic E-state index is 13.9. The second kappa shape index (κ2) is 17.5. The molecule has 1 saturated carbocycles. The standard InChI is InChI=1S/C40H61N5O7/c1-25(2)18-27-19-26(3)20-33(40(7,8)9)31(27)24-32-34(41-10)37(52-38(46)44(14-16-50-48-12)15-17-51-49-13)45-36(32)42-35(43-45)28-21-29(39(4,5)6)23-30(22-28)47-11/h21-23,25-27,31,33H,14-20,24H2,1-9,11-13H3,(H,42,43). The second-order valence-corrected chi connectivity index (χ2v) is 16.8. The molecule has 1 fully saturated rings. The molecule has 4 atom stereocenters. The number of hydrogen-bond acceptors (Lipinski definition) is 8. The predicted octanol–water partition coefficient (Wildman–Crippen LogP) is 9.06. The van der Waals surface area contributed by atoms with Crippen LogP contribution in [0.15, 0.2) is 18.2 Å². The molecular formula is C40H61N5O7. The van der Waals surface area contributed by atoms with Crippen LogP contribution in [0.3, 0.4) is 0 Å². The maximum absolute atomic E-state index is 13.9. The number of benzene rings is 1. The molecule has 2 heterocycles. The summed E-state index contributed by atoms with van der Waals surface area (Å²) in [6.07, 6.45) is 3.37. The number of nitrogens with one attached hydrogen (secondary N) is 1. The van der Waals surface area contributed by atoms with Gasteiger partial charge in [-0.3, -0.25) is 5.10 Å². The Bertz CT molecular complexity index is 1660. The van der Waals surface area contributed by atoms with Crippen LogP contribution in [-0.4, -0.2) is 73.2 Å². The van der Waals surface area contributed by atoms with Gasteiger partial charge in [-0.1, -0.05) is 62.3 Å². The van der Waals surface area contributed by atoms with Crippen molar-refractivity contribution < 1.29 is 33.8 Å². The Kier molecular flexibility index (Phi) is 13.8. The highest BCUT2D eigenvalue weighted by molar-refractivity contribution is 5.80. The summed E-state index contributed by atoms with van der Waals surface area (Å²) in [5, 5.41) is 3.41. The van der Waals surface area contributed by atoms with Crippen LogP contribution in [0.4, 0.5) is 10.5 Å². The van der Waals surface area contributed by atoms with Crippen LogP contribution in [0.1, 0.15) is 92.7 Å². The summed E-state index contributed by atoms with van der Waals surface area (Å²) in [4.78, 5) is 44.1. The first kappa shape index (κ1) is 41.1. The zero-order valence-corrected chi connectivity index (χ0v) is 33.4. The number of methoxy groups -OCH3 is 1. The lowest BCUT2D eigenvalue weighted by molar-refractivity contribution is -0.278. The van der Waals surface area contributed by atoms with Crippen molar-refractivity contribution in [3.63, 3.8) is 0 Å². The molecule has 3 aromatic rings. The normalized spacial score (nSPS) is 19.6. The Morgan fingerprint density at radius 2 is 1.69 bits per heavy atom. The number of carbonyl (C=O) groups excluding carboxylic acids is 1. The molecule has 0 bridgehead atoms. The van der Waals surface area contributed by atoms with Crippen LogP contribution < -0.4 is 9.47 Å². The number of hydrogen-bond donors (Lipinski definition) is 1. The highest BCUT2D eigenvalue weighted by atomic mass is 17.2. The molecule has 1 amide bonds. The zero-order valence-electron chi connectivity index (χ0n) is 33.4. The summed E-state index contributed by atoms with van der Waals surface area (Å²) in [6.45, 7) is 29.4. The lowest BCUT2D eigenvalue weighted by Gasteiger charge is -2.48. The van der Waals surface area contributed by atoms with Gasteiger partial charge in [-0.2, -0.15) is 0 Å². The van der Waals surface area contributed by atoms with Gasteiger partial charge in [0, 0.05) is 11.1 Å². The third-order valence-corrected chi connectivity index (χ3v) is 10.4. The zero-order chi connectivity index (χ0) is 38.4. The molecule has 2 aromatic heterocycles. The molecule has 1 aliphatic rings. The van der Waals surface area contributed by atoms with Crippen LogP contribution in [0, 0.1) is 41.6 Å². The first-order valence-corrected chi connectivity index (χ1v) is 18.5. The second-order valence-electron chi connectivity index (χ2n) is 16.8. The van der Waals surface area contributed by atoms with Crippen molar-refractivity contribution in [3.8, 4) is 23.0 Å². The van der Waals surface area contributed by atoms with Gasteiger partial charge in [0.2, 0.25) is 5.88 Å². The van der Waals surface area contributed by atoms with Crippen molar-refractivity contribution in [3.05, 3.63) is 40.7 Å². The molecule has 0 spiro atoms. The fourth-order valence-corrected chi connectivity index (χ4v) is 7.89. The number of fused-ring (bicyclic) bond motifs is 1. The van der Waals surface area contributed by atoms with Crippen LogP contribution >= 0.6 is 0 Å². The SMILES string of the molecule is [C-]#[N+]c1c(CC2C(CC(C)C)CC(C)CC2C(C)(C)C)c2nc(-c3cc(OC)cc(C(C)(C)C)c3)[nH]n2c1OC(=O)N(CCOOC)CCOOC. The van der Waals surface area contributed by atoms with Crippen LogP contribution in [0.2, 0.25) is 0 Å². The number of nitrogens with zero attached hydrogens (tertiary/aromatic N) is 4. The van der Waals surface area contributed by atoms with Gasteiger partial charge in [0.1, 0.15) is 11.4 Å². The summed E-state index contributed by atoms with van der Waals surface area (Å²) in [7, 11) is 4.47. The van der Waals surface area contributed by atoms with E-state index in [1.54, 1.807) is 11.6 Å². The van der Waals surface area contributed by atoms with Crippen LogP contribution in [-0.2, 0) is 31.4 Å². The van der Waals surface area contributed by atoms with E-state index in [9.17, 15) is 4.79 Å². The van der Waals surface area contributed by atoms with Gasteiger partial charge < -0.3 is 14.4 Å². The quantitative estimate of drug-likeness (QED) is 0.0716. The fourth-order valence-electron chi connectivity index (χ4n) is 7.89. The van der Waals surface area contributed by atoms with E-state index in [2.05, 4.69) is 78.3 Å². The Morgan fingerprint density at radius 3 is 2.23 bits per heavy atom. The molecule has 1 aliphatic carbocycles. The molecule has 288 valence electrons. The minimum Gasteiger partial charge on any atom is -0.497 e. The van der Waals surface area contributed by atoms with Crippen LogP contribution in [0.5, 0.6) is 11.6 Å². The first-order valence-electron chi connectivity index (χ1n) is 18.5. The smallest absolute Gasteiger partial charge is 0.415 e. The lowest BCUT2D eigenvalue weighted by Crippen LogP contribution is -2.40. The van der Waals surface area contributed by atoms with E-state index in [4.69, 9.17) is 40.6 Å². The van der Waals surface area contributed by atoms with E-state index in [-0.39, 0.29) is 48.7 Å². The predicted molar refractivity (Wildman–Crippen MR) is 201 cm³/mol. The van der Waals surface area contributed by atoms with Crippen LogP contribution in [0.25, 0.3) is 21.9 Å². The molecular weight excluding hydrogens is 662 g/mol. The number of carbonyl (C=O) groups is 1. The van der Waals surface area contributed by atoms with Gasteiger partial charge in [0.05, 0.1) is 54.2 Å². The van der Waals surface area contributed by atoms with Crippen molar-refractivity contribution in [2.24, 2.45) is 35.0 Å². The number of rotatable bonds is 15. The molecule has 0 aliphatic heterocycles. The van der Waals surface area contributed by atoms with E-state index >= 15 is 0 Å². The average Bonchev–Trinajstić information content (AvgIpc) is 3.61. The lowest BCUT2D eigenvalue weighted by atomic mass is 9.57. The minimum atomic E-state index is -0.667. The van der Waals surface area contributed by atoms with E-state index in [1.165, 1.54) is 19.1 Å². The number of ether oxygens (including phenoxy) is 2. The van der Waals surface area contributed by atoms with Crippen molar-refractivity contribution in [1.29, 1.82) is 0 Å². The topological polar surface area (TPSA) is 113 Å². The molecule has 52 heavy (non-hydrogen) atoms. The van der Waals surface area contributed by atoms with Crippen molar-refractivity contribution >= 4 is 17.4 Å². The van der Waals surface area contributed by atoms with E-state index < -0.39 is 6.09 Å². The Balaban J connectivity index is 1.91. The van der Waals surface area contributed by atoms with E-state index in [1.807, 2.05) is 12.1 Å². The summed E-state index contributed by atoms with van der Waals surface area (Å²) in [5.74, 6) is 3.78. The van der Waals surface area contributed by atoms with Crippen molar-refractivity contribution in [2.45, 2.75) is 93.4 Å². The molecule has 0 radical (unpaired) electrons. The van der Waals surface area contributed by atoms with Gasteiger partial charge >= 0.3 is 6.09 Å². The summed E-state index contributed by atoms with van der Waals surface area (Å²) < 4.78 is 13.5. The van der Waals surface area contributed by atoms with E-state index in [0.717, 1.165) is 36.0 Å². The number of H-pyrrole nitrogens is 1. The molecule has 0 saturated heterocycles. The van der Waals surface area contributed by atoms with Gasteiger partial charge in [0.15, 0.2) is 5.82 Å². The van der Waals surface area contributed by atoms with Gasteiger partial charge in [-0.25, -0.2) is 38.7 Å². The minimum absolute atomic E-state index is 0.0662. The number of aromatic nitrogens is 3.